The number of carbonyl (C=O) groups is 2. The van der Waals surface area contributed by atoms with Crippen LogP contribution in [0.1, 0.15) is 19.4 Å². The van der Waals surface area contributed by atoms with Crippen molar-refractivity contribution in [2.75, 3.05) is 19.5 Å². The van der Waals surface area contributed by atoms with E-state index in [9.17, 15) is 23.1 Å². The van der Waals surface area contributed by atoms with Gasteiger partial charge in [-0.15, -0.1) is 0 Å². The van der Waals surface area contributed by atoms with Crippen molar-refractivity contribution in [1.82, 2.24) is 0 Å². The molecule has 1 N–H and O–H groups in total. The van der Waals surface area contributed by atoms with Gasteiger partial charge in [-0.25, -0.2) is 0 Å². The number of aryl methyl sites for hydroxylation is 1. The van der Waals surface area contributed by atoms with Crippen LogP contribution in [-0.2, 0) is 38.1 Å². The molecule has 1 heterocycles. The largest absolute Gasteiger partial charge is 0.491 e. The van der Waals surface area contributed by atoms with Crippen molar-refractivity contribution in [3.05, 3.63) is 29.8 Å². The minimum atomic E-state index is -3.94. The summed E-state index contributed by atoms with van der Waals surface area (Å²) in [5, 5.41) is 10.8. The molecule has 4 atom stereocenters. The van der Waals surface area contributed by atoms with Crippen LogP contribution in [0.2, 0.25) is 0 Å². The van der Waals surface area contributed by atoms with Gasteiger partial charge in [-0.3, -0.25) is 13.8 Å². The fourth-order valence-electron chi connectivity index (χ4n) is 2.76. The van der Waals surface area contributed by atoms with Crippen molar-refractivity contribution < 1.29 is 46.2 Å². The molecular formula is C18H24O10S. The Bertz CT molecular complexity index is 835. The normalized spacial score (nSPS) is 26.7. The third kappa shape index (κ3) is 6.67. The Morgan fingerprint density at radius 1 is 1.14 bits per heavy atom. The summed E-state index contributed by atoms with van der Waals surface area (Å²) < 4.78 is 48.7. The summed E-state index contributed by atoms with van der Waals surface area (Å²) in [7, 11) is -3.94. The monoisotopic (exact) mass is 432 g/mol. The molecule has 1 saturated heterocycles. The first-order valence-corrected chi connectivity index (χ1v) is 10.5. The zero-order valence-corrected chi connectivity index (χ0v) is 17.3. The maximum absolute atomic E-state index is 11.5. The Hall–Kier alpha value is -2.21. The summed E-state index contributed by atoms with van der Waals surface area (Å²) in [6.45, 7) is 3.07. The van der Waals surface area contributed by atoms with Gasteiger partial charge in [0.15, 0.2) is 12.2 Å². The van der Waals surface area contributed by atoms with E-state index in [1.807, 2.05) is 19.1 Å². The van der Waals surface area contributed by atoms with Crippen molar-refractivity contribution in [3.63, 3.8) is 0 Å². The maximum atomic E-state index is 11.5. The molecule has 1 aromatic rings. The van der Waals surface area contributed by atoms with E-state index < -0.39 is 52.8 Å². The lowest BCUT2D eigenvalue weighted by Gasteiger charge is -2.28. The molecule has 0 amide bonds. The molecule has 29 heavy (non-hydrogen) atoms. The second-order valence-electron chi connectivity index (χ2n) is 6.70. The number of hydrogen-bond donors (Lipinski definition) is 1. The van der Waals surface area contributed by atoms with Gasteiger partial charge in [-0.1, -0.05) is 17.7 Å². The van der Waals surface area contributed by atoms with Crippen LogP contribution in [0.5, 0.6) is 5.75 Å². The molecule has 0 bridgehead atoms. The van der Waals surface area contributed by atoms with E-state index in [1.165, 1.54) is 0 Å². The SMILES string of the molecule is CC(=O)O[C@H]1[C@@H](OC(C)=O)C(O)(COS(C)(=O)=O)O[C@@H]1COc1ccc(C)cc1. The Kier molecular flexibility index (Phi) is 7.22. The van der Waals surface area contributed by atoms with Crippen LogP contribution >= 0.6 is 0 Å². The van der Waals surface area contributed by atoms with Crippen LogP contribution in [-0.4, -0.2) is 69.0 Å². The van der Waals surface area contributed by atoms with Gasteiger partial charge in [0.2, 0.25) is 5.79 Å². The Balaban J connectivity index is 2.25. The van der Waals surface area contributed by atoms with Crippen molar-refractivity contribution in [1.29, 1.82) is 0 Å². The summed E-state index contributed by atoms with van der Waals surface area (Å²) in [5.74, 6) is -3.40. The van der Waals surface area contributed by atoms with Gasteiger partial charge in [0.1, 0.15) is 25.1 Å². The van der Waals surface area contributed by atoms with Gasteiger partial charge in [0.25, 0.3) is 10.1 Å². The zero-order chi connectivity index (χ0) is 21.8. The van der Waals surface area contributed by atoms with Crippen molar-refractivity contribution in [2.24, 2.45) is 0 Å². The first-order chi connectivity index (χ1) is 13.4. The predicted octanol–water partition coefficient (Wildman–Crippen LogP) is 0.301. The molecule has 0 aliphatic carbocycles. The van der Waals surface area contributed by atoms with E-state index in [1.54, 1.807) is 12.1 Å². The fraction of sp³-hybridized carbons (Fsp3) is 0.556. The van der Waals surface area contributed by atoms with Gasteiger partial charge in [0.05, 0.1) is 6.26 Å². The molecule has 1 aliphatic heterocycles. The number of benzene rings is 1. The smallest absolute Gasteiger partial charge is 0.303 e. The van der Waals surface area contributed by atoms with Gasteiger partial charge >= 0.3 is 11.9 Å². The number of esters is 2. The first kappa shape index (κ1) is 23.1. The Morgan fingerprint density at radius 3 is 2.24 bits per heavy atom. The second kappa shape index (κ2) is 9.08. The van der Waals surface area contributed by atoms with Gasteiger partial charge in [0, 0.05) is 13.8 Å². The average molecular weight is 432 g/mol. The number of aliphatic hydroxyl groups is 1. The maximum Gasteiger partial charge on any atom is 0.303 e. The highest BCUT2D eigenvalue weighted by Gasteiger charge is 2.59. The standard InChI is InChI=1S/C18H24O10S/c1-11-5-7-14(8-6-11)24-9-15-16(26-12(2)19)17(27-13(3)20)18(21,28-15)10-25-29(4,22)23/h5-8,15-17,21H,9-10H2,1-4H3/t15-,16-,17-,18?/m1/s1. The minimum absolute atomic E-state index is 0.181. The molecule has 10 nitrogen and oxygen atoms in total. The lowest BCUT2D eigenvalue weighted by atomic mass is 10.1. The molecule has 162 valence electrons. The first-order valence-electron chi connectivity index (χ1n) is 8.68. The second-order valence-corrected chi connectivity index (χ2v) is 8.34. The molecule has 1 unspecified atom stereocenters. The number of ether oxygens (including phenoxy) is 4. The van der Waals surface area contributed by atoms with Crippen LogP contribution in [0.4, 0.5) is 0 Å². The van der Waals surface area contributed by atoms with Crippen LogP contribution in [0, 0.1) is 6.92 Å². The molecule has 1 aromatic carbocycles. The van der Waals surface area contributed by atoms with E-state index in [0.29, 0.717) is 5.75 Å². The van der Waals surface area contributed by atoms with Gasteiger partial charge < -0.3 is 24.1 Å². The summed E-state index contributed by atoms with van der Waals surface area (Å²) in [4.78, 5) is 23.1. The average Bonchev–Trinajstić information content (AvgIpc) is 2.84. The molecule has 2 rings (SSSR count). The van der Waals surface area contributed by atoms with Gasteiger partial charge in [-0.2, -0.15) is 8.42 Å². The lowest BCUT2D eigenvalue weighted by Crippen LogP contribution is -2.50. The molecule has 0 spiro atoms. The predicted molar refractivity (Wildman–Crippen MR) is 98.4 cm³/mol. The highest BCUT2D eigenvalue weighted by atomic mass is 32.2. The van der Waals surface area contributed by atoms with Crippen LogP contribution < -0.4 is 4.74 Å². The topological polar surface area (TPSA) is 135 Å². The van der Waals surface area contributed by atoms with E-state index in [-0.39, 0.29) is 6.61 Å². The van der Waals surface area contributed by atoms with Crippen molar-refractivity contribution in [2.45, 2.75) is 44.9 Å². The Labute approximate surface area is 168 Å². The summed E-state index contributed by atoms with van der Waals surface area (Å²) in [6.07, 6.45) is -3.07. The number of hydrogen-bond acceptors (Lipinski definition) is 10. The fourth-order valence-corrected chi connectivity index (χ4v) is 3.15. The Morgan fingerprint density at radius 2 is 1.72 bits per heavy atom. The summed E-state index contributed by atoms with van der Waals surface area (Å²) >= 11 is 0. The molecule has 1 aliphatic rings. The van der Waals surface area contributed by atoms with E-state index in [2.05, 4.69) is 4.18 Å². The molecule has 0 saturated carbocycles. The lowest BCUT2D eigenvalue weighted by molar-refractivity contribution is -0.248. The quantitative estimate of drug-likeness (QED) is 0.451. The summed E-state index contributed by atoms with van der Waals surface area (Å²) in [5.41, 5.74) is 1.02. The van der Waals surface area contributed by atoms with E-state index >= 15 is 0 Å². The third-order valence-electron chi connectivity index (χ3n) is 3.97. The minimum Gasteiger partial charge on any atom is -0.491 e. The van der Waals surface area contributed by atoms with Crippen LogP contribution in [0.15, 0.2) is 24.3 Å². The van der Waals surface area contributed by atoms with Crippen molar-refractivity contribution in [3.8, 4) is 5.75 Å². The molecular weight excluding hydrogens is 408 g/mol. The van der Waals surface area contributed by atoms with Crippen LogP contribution in [0.3, 0.4) is 0 Å². The van der Waals surface area contributed by atoms with E-state index in [0.717, 1.165) is 25.7 Å². The highest BCUT2D eigenvalue weighted by Crippen LogP contribution is 2.35. The van der Waals surface area contributed by atoms with Crippen molar-refractivity contribution >= 4 is 22.1 Å². The number of carbonyl (C=O) groups excluding carboxylic acids is 2. The molecule has 0 radical (unpaired) electrons. The van der Waals surface area contributed by atoms with Gasteiger partial charge in [-0.05, 0) is 19.1 Å². The third-order valence-corrected chi connectivity index (χ3v) is 4.52. The highest BCUT2D eigenvalue weighted by molar-refractivity contribution is 7.85. The molecule has 1 fully saturated rings. The van der Waals surface area contributed by atoms with E-state index in [4.69, 9.17) is 18.9 Å². The molecule has 0 aromatic heterocycles. The molecule has 11 heteroatoms. The summed E-state index contributed by atoms with van der Waals surface area (Å²) in [6, 6.07) is 7.08. The van der Waals surface area contributed by atoms with Crippen LogP contribution in [0.25, 0.3) is 0 Å². The zero-order valence-electron chi connectivity index (χ0n) is 16.5. The number of rotatable bonds is 8.